The summed E-state index contributed by atoms with van der Waals surface area (Å²) in [7, 11) is 3.13. The minimum atomic E-state index is -0.431. The Morgan fingerprint density at radius 1 is 1.53 bits per heavy atom. The van der Waals surface area contributed by atoms with Gasteiger partial charge in [0.05, 0.1) is 13.3 Å². The molecule has 0 aliphatic heterocycles. The van der Waals surface area contributed by atoms with Crippen molar-refractivity contribution in [3.8, 4) is 5.75 Å². The van der Waals surface area contributed by atoms with Gasteiger partial charge in [0.1, 0.15) is 11.5 Å². The van der Waals surface area contributed by atoms with Gasteiger partial charge >= 0.3 is 0 Å². The van der Waals surface area contributed by atoms with Crippen LogP contribution in [0.2, 0.25) is 5.02 Å². The van der Waals surface area contributed by atoms with Crippen LogP contribution in [0.25, 0.3) is 0 Å². The lowest BCUT2D eigenvalue weighted by Gasteiger charge is -2.06. The zero-order chi connectivity index (χ0) is 14.0. The van der Waals surface area contributed by atoms with E-state index in [9.17, 15) is 9.18 Å². The molecule has 0 unspecified atom stereocenters. The Labute approximate surface area is 114 Å². The Kier molecular flexibility index (Phi) is 3.85. The molecule has 0 aliphatic rings. The fourth-order valence-corrected chi connectivity index (χ4v) is 2.04. The number of methoxy groups -OCH3 is 1. The van der Waals surface area contributed by atoms with E-state index in [1.54, 1.807) is 7.05 Å². The highest BCUT2D eigenvalue weighted by Gasteiger charge is 2.19. The number of ether oxygens (including phenoxy) is 1. The van der Waals surface area contributed by atoms with Crippen LogP contribution in [-0.4, -0.2) is 22.7 Å². The standard InChI is InChI=1S/C13H12ClFN2O2/c1-17-13(12(19-2)7-16-17)11(18)5-8-3-4-9(15)6-10(8)14/h3-4,6-7H,5H2,1-2H3. The predicted molar refractivity (Wildman–Crippen MR) is 69.2 cm³/mol. The van der Waals surface area contributed by atoms with E-state index in [1.807, 2.05) is 0 Å². The molecule has 0 bridgehead atoms. The van der Waals surface area contributed by atoms with Gasteiger partial charge in [-0.25, -0.2) is 4.39 Å². The molecular weight excluding hydrogens is 271 g/mol. The molecule has 1 aromatic heterocycles. The average molecular weight is 283 g/mol. The molecule has 0 amide bonds. The number of aryl methyl sites for hydroxylation is 1. The average Bonchev–Trinajstić information content (AvgIpc) is 2.74. The van der Waals surface area contributed by atoms with Crippen molar-refractivity contribution < 1.29 is 13.9 Å². The Hall–Kier alpha value is -1.88. The van der Waals surface area contributed by atoms with Crippen molar-refractivity contribution in [2.24, 2.45) is 7.05 Å². The summed E-state index contributed by atoms with van der Waals surface area (Å²) in [5.74, 6) is -0.213. The molecule has 0 radical (unpaired) electrons. The molecule has 2 rings (SSSR count). The molecule has 1 heterocycles. The SMILES string of the molecule is COc1cnn(C)c1C(=O)Cc1ccc(F)cc1Cl. The number of nitrogens with zero attached hydrogens (tertiary/aromatic N) is 2. The van der Waals surface area contributed by atoms with E-state index >= 15 is 0 Å². The van der Waals surface area contributed by atoms with Crippen LogP contribution in [0.3, 0.4) is 0 Å². The van der Waals surface area contributed by atoms with Crippen molar-refractivity contribution >= 4 is 17.4 Å². The van der Waals surface area contributed by atoms with Crippen molar-refractivity contribution in [2.75, 3.05) is 7.11 Å². The molecule has 19 heavy (non-hydrogen) atoms. The van der Waals surface area contributed by atoms with Crippen molar-refractivity contribution in [1.82, 2.24) is 9.78 Å². The van der Waals surface area contributed by atoms with Gasteiger partial charge in [0.2, 0.25) is 0 Å². The molecule has 0 aliphatic carbocycles. The summed E-state index contributed by atoms with van der Waals surface area (Å²) in [5, 5.41) is 4.20. The molecule has 0 spiro atoms. The molecule has 0 fully saturated rings. The van der Waals surface area contributed by atoms with Gasteiger partial charge in [-0.3, -0.25) is 9.48 Å². The normalized spacial score (nSPS) is 10.5. The number of carbonyl (C=O) groups is 1. The number of hydrogen-bond donors (Lipinski definition) is 0. The first-order valence-corrected chi connectivity index (χ1v) is 5.94. The minimum Gasteiger partial charge on any atom is -0.493 e. The van der Waals surface area contributed by atoms with E-state index < -0.39 is 5.82 Å². The molecule has 2 aromatic rings. The minimum absolute atomic E-state index is 0.0645. The lowest BCUT2D eigenvalue weighted by Crippen LogP contribution is -2.11. The number of rotatable bonds is 4. The monoisotopic (exact) mass is 282 g/mol. The third-order valence-corrected chi connectivity index (χ3v) is 3.11. The van der Waals surface area contributed by atoms with Gasteiger partial charge in [0, 0.05) is 18.5 Å². The lowest BCUT2D eigenvalue weighted by molar-refractivity contribution is 0.0981. The third-order valence-electron chi connectivity index (χ3n) is 2.76. The molecule has 4 nitrogen and oxygen atoms in total. The topological polar surface area (TPSA) is 44.1 Å². The van der Waals surface area contributed by atoms with E-state index in [1.165, 1.54) is 36.2 Å². The summed E-state index contributed by atoms with van der Waals surface area (Å²) in [6.07, 6.45) is 1.54. The maximum absolute atomic E-state index is 12.9. The number of carbonyl (C=O) groups excluding carboxylic acids is 1. The van der Waals surface area contributed by atoms with Gasteiger partial charge in [-0.1, -0.05) is 17.7 Å². The molecule has 0 saturated heterocycles. The highest BCUT2D eigenvalue weighted by atomic mass is 35.5. The molecule has 0 saturated carbocycles. The fourth-order valence-electron chi connectivity index (χ4n) is 1.81. The van der Waals surface area contributed by atoms with Crippen molar-refractivity contribution in [1.29, 1.82) is 0 Å². The lowest BCUT2D eigenvalue weighted by atomic mass is 10.1. The van der Waals surface area contributed by atoms with Gasteiger partial charge in [-0.2, -0.15) is 5.10 Å². The number of hydrogen-bond acceptors (Lipinski definition) is 3. The molecule has 0 atom stereocenters. The van der Waals surface area contributed by atoms with E-state index in [0.29, 0.717) is 17.0 Å². The van der Waals surface area contributed by atoms with Crippen molar-refractivity contribution in [2.45, 2.75) is 6.42 Å². The number of Topliss-reactive ketones (excluding diaryl/α,β-unsaturated/α-hetero) is 1. The van der Waals surface area contributed by atoms with Crippen LogP contribution >= 0.6 is 11.6 Å². The van der Waals surface area contributed by atoms with Crippen molar-refractivity contribution in [3.63, 3.8) is 0 Å². The molecule has 100 valence electrons. The first-order valence-electron chi connectivity index (χ1n) is 5.56. The highest BCUT2D eigenvalue weighted by molar-refractivity contribution is 6.31. The van der Waals surface area contributed by atoms with Gasteiger partial charge in [0.25, 0.3) is 0 Å². The third kappa shape index (κ3) is 2.76. The zero-order valence-corrected chi connectivity index (χ0v) is 11.2. The summed E-state index contributed by atoms with van der Waals surface area (Å²) < 4.78 is 19.5. The van der Waals surface area contributed by atoms with Crippen LogP contribution in [0.4, 0.5) is 4.39 Å². The maximum Gasteiger partial charge on any atom is 0.189 e. The second-order valence-electron chi connectivity index (χ2n) is 4.02. The maximum atomic E-state index is 12.9. The summed E-state index contributed by atoms with van der Waals surface area (Å²) in [5.41, 5.74) is 0.930. The largest absolute Gasteiger partial charge is 0.493 e. The summed E-state index contributed by atoms with van der Waals surface area (Å²) in [6.45, 7) is 0. The first kappa shape index (κ1) is 13.5. The van der Waals surface area contributed by atoms with Gasteiger partial charge in [-0.15, -0.1) is 0 Å². The summed E-state index contributed by atoms with van der Waals surface area (Å²) >= 11 is 5.90. The van der Waals surface area contributed by atoms with Crippen LogP contribution in [0, 0.1) is 5.82 Å². The first-order chi connectivity index (χ1) is 9.02. The number of halogens is 2. The van der Waals surface area contributed by atoms with Crippen LogP contribution in [0.1, 0.15) is 16.1 Å². The van der Waals surface area contributed by atoms with E-state index in [0.717, 1.165) is 0 Å². The van der Waals surface area contributed by atoms with Gasteiger partial charge in [-0.05, 0) is 17.7 Å². The van der Waals surface area contributed by atoms with E-state index in [2.05, 4.69) is 5.10 Å². The summed E-state index contributed by atoms with van der Waals surface area (Å²) in [6, 6.07) is 3.96. The van der Waals surface area contributed by atoms with Crippen LogP contribution in [0.15, 0.2) is 24.4 Å². The Morgan fingerprint density at radius 3 is 2.89 bits per heavy atom. The number of benzene rings is 1. The van der Waals surface area contributed by atoms with Gasteiger partial charge < -0.3 is 4.74 Å². The fraction of sp³-hybridized carbons (Fsp3) is 0.231. The smallest absolute Gasteiger partial charge is 0.189 e. The second kappa shape index (κ2) is 5.40. The molecular formula is C13H12ClFN2O2. The van der Waals surface area contributed by atoms with Gasteiger partial charge in [0.15, 0.2) is 11.5 Å². The number of aromatic nitrogens is 2. The predicted octanol–water partition coefficient (Wildman–Crippen LogP) is 2.65. The molecule has 0 N–H and O–H groups in total. The second-order valence-corrected chi connectivity index (χ2v) is 4.43. The Bertz CT molecular complexity index is 625. The zero-order valence-electron chi connectivity index (χ0n) is 10.5. The molecule has 6 heteroatoms. The van der Waals surface area contributed by atoms with E-state index in [-0.39, 0.29) is 17.2 Å². The van der Waals surface area contributed by atoms with E-state index in [4.69, 9.17) is 16.3 Å². The van der Waals surface area contributed by atoms with Crippen LogP contribution in [-0.2, 0) is 13.5 Å². The summed E-state index contributed by atoms with van der Waals surface area (Å²) in [4.78, 5) is 12.2. The quantitative estimate of drug-likeness (QED) is 0.810. The number of ketones is 1. The van der Waals surface area contributed by atoms with Crippen LogP contribution < -0.4 is 4.74 Å². The van der Waals surface area contributed by atoms with Crippen LogP contribution in [0.5, 0.6) is 5.75 Å². The Morgan fingerprint density at radius 2 is 2.26 bits per heavy atom. The highest BCUT2D eigenvalue weighted by Crippen LogP contribution is 2.22. The molecule has 1 aromatic carbocycles. The van der Waals surface area contributed by atoms with Crippen molar-refractivity contribution in [3.05, 3.63) is 46.5 Å². The Balaban J connectivity index is 2.28.